The van der Waals surface area contributed by atoms with Gasteiger partial charge in [0, 0.05) is 0 Å². The first-order chi connectivity index (χ1) is 9.06. The van der Waals surface area contributed by atoms with Gasteiger partial charge in [-0.25, -0.2) is 14.5 Å². The normalized spacial score (nSPS) is 10.4. The third kappa shape index (κ3) is 2.25. The lowest BCUT2D eigenvalue weighted by atomic mass is 10.4. The van der Waals surface area contributed by atoms with Crippen molar-refractivity contribution in [3.63, 3.8) is 0 Å². The van der Waals surface area contributed by atoms with E-state index < -0.39 is 15.2 Å². The zero-order valence-corrected chi connectivity index (χ0v) is 10.5. The van der Waals surface area contributed by atoms with Gasteiger partial charge in [-0.05, 0) is 11.8 Å². The Balaban J connectivity index is 2.71. The van der Waals surface area contributed by atoms with E-state index >= 15 is 0 Å². The Labute approximate surface area is 108 Å². The Morgan fingerprint density at radius 1 is 1.53 bits per heavy atom. The van der Waals surface area contributed by atoms with E-state index in [2.05, 4.69) is 9.97 Å². The van der Waals surface area contributed by atoms with E-state index in [-0.39, 0.29) is 28.9 Å². The first-order valence-corrected chi connectivity index (χ1v) is 6.20. The van der Waals surface area contributed by atoms with Gasteiger partial charge in [0.15, 0.2) is 0 Å². The van der Waals surface area contributed by atoms with E-state index in [1.54, 1.807) is 6.92 Å². The maximum absolute atomic E-state index is 11.3. The van der Waals surface area contributed by atoms with Gasteiger partial charge in [0.1, 0.15) is 12.5 Å². The summed E-state index contributed by atoms with van der Waals surface area (Å²) in [5, 5.41) is 10.8. The molecule has 0 aliphatic rings. The van der Waals surface area contributed by atoms with Crippen LogP contribution >= 0.6 is 0 Å². The summed E-state index contributed by atoms with van der Waals surface area (Å²) in [7, 11) is -2.69. The lowest BCUT2D eigenvalue weighted by molar-refractivity contribution is -0.392. The van der Waals surface area contributed by atoms with Crippen LogP contribution in [0.4, 0.5) is 5.82 Å². The molecule has 0 aliphatic carbocycles. The highest BCUT2D eigenvalue weighted by Crippen LogP contribution is 2.16. The van der Waals surface area contributed by atoms with Crippen molar-refractivity contribution in [3.8, 4) is 0 Å². The van der Waals surface area contributed by atoms with Crippen molar-refractivity contribution in [3.05, 3.63) is 40.5 Å². The standard InChI is InChI=1S/C9H8N4O5S/c1-2-12-6(13(14)15)5-11-8(12)7(19(16)17)9-10-3-4-18-9/h3-5H,2H2,1H3. The zero-order chi connectivity index (χ0) is 14.0. The number of hydrogen-bond acceptors (Lipinski definition) is 7. The second-order valence-electron chi connectivity index (χ2n) is 3.34. The SMILES string of the molecule is CCn1c([N+](=O)[O-])cnc1C(c1ncco1)=S(=O)=O. The predicted molar refractivity (Wildman–Crippen MR) is 63.2 cm³/mol. The summed E-state index contributed by atoms with van der Waals surface area (Å²) in [5.41, 5.74) is 0. The molecule has 0 aliphatic heterocycles. The average molecular weight is 284 g/mol. The van der Waals surface area contributed by atoms with Gasteiger partial charge in [-0.15, -0.1) is 0 Å². The van der Waals surface area contributed by atoms with E-state index in [0.717, 1.165) is 10.8 Å². The van der Waals surface area contributed by atoms with Crippen LogP contribution in [-0.2, 0) is 16.8 Å². The third-order valence-electron chi connectivity index (χ3n) is 2.33. The minimum atomic E-state index is -2.69. The fraction of sp³-hybridized carbons (Fsp3) is 0.222. The highest BCUT2D eigenvalue weighted by atomic mass is 32.2. The molecule has 10 heteroatoms. The third-order valence-corrected chi connectivity index (χ3v) is 3.02. The molecule has 0 N–H and O–H groups in total. The first-order valence-electron chi connectivity index (χ1n) is 5.12. The van der Waals surface area contributed by atoms with Crippen LogP contribution in [0.5, 0.6) is 0 Å². The van der Waals surface area contributed by atoms with E-state index in [9.17, 15) is 18.5 Å². The summed E-state index contributed by atoms with van der Waals surface area (Å²) in [6.07, 6.45) is 3.47. The quantitative estimate of drug-likeness (QED) is 0.341. The largest absolute Gasteiger partial charge is 0.444 e. The van der Waals surface area contributed by atoms with E-state index in [1.165, 1.54) is 12.5 Å². The van der Waals surface area contributed by atoms with Gasteiger partial charge in [0.05, 0.1) is 12.7 Å². The van der Waals surface area contributed by atoms with Crippen molar-refractivity contribution in [2.75, 3.05) is 0 Å². The van der Waals surface area contributed by atoms with Crippen LogP contribution in [0.25, 0.3) is 0 Å². The van der Waals surface area contributed by atoms with Crippen LogP contribution in [-0.4, -0.2) is 32.7 Å². The Morgan fingerprint density at radius 2 is 2.26 bits per heavy atom. The number of imidazole rings is 1. The molecule has 0 aromatic carbocycles. The predicted octanol–water partition coefficient (Wildman–Crippen LogP) is 0.247. The van der Waals surface area contributed by atoms with Crippen molar-refractivity contribution >= 4 is 21.0 Å². The topological polar surface area (TPSA) is 121 Å². The molecule has 2 rings (SSSR count). The van der Waals surface area contributed by atoms with Crippen LogP contribution in [0.2, 0.25) is 0 Å². The molecular formula is C9H8N4O5S. The van der Waals surface area contributed by atoms with Crippen LogP contribution in [0, 0.1) is 10.1 Å². The summed E-state index contributed by atoms with van der Waals surface area (Å²) in [5.74, 6) is -0.541. The highest BCUT2D eigenvalue weighted by molar-refractivity contribution is 7.73. The lowest BCUT2D eigenvalue weighted by Crippen LogP contribution is -2.14. The molecule has 0 fully saturated rings. The van der Waals surface area contributed by atoms with Gasteiger partial charge in [0.25, 0.3) is 0 Å². The van der Waals surface area contributed by atoms with E-state index in [0.29, 0.717) is 0 Å². The van der Waals surface area contributed by atoms with Crippen LogP contribution in [0.1, 0.15) is 18.6 Å². The molecule has 2 aromatic heterocycles. The second kappa shape index (κ2) is 5.02. The van der Waals surface area contributed by atoms with E-state index in [1.807, 2.05) is 0 Å². The van der Waals surface area contributed by atoms with Gasteiger partial charge in [-0.1, -0.05) is 0 Å². The molecule has 100 valence electrons. The molecule has 0 atom stereocenters. The van der Waals surface area contributed by atoms with Gasteiger partial charge in [0.2, 0.25) is 26.9 Å². The lowest BCUT2D eigenvalue weighted by Gasteiger charge is -2.00. The van der Waals surface area contributed by atoms with Crippen LogP contribution in [0.3, 0.4) is 0 Å². The summed E-state index contributed by atoms with van der Waals surface area (Å²) in [6.45, 7) is 1.83. The number of rotatable bonds is 4. The minimum Gasteiger partial charge on any atom is -0.444 e. The van der Waals surface area contributed by atoms with Crippen molar-refractivity contribution < 1.29 is 17.8 Å². The summed E-state index contributed by atoms with van der Waals surface area (Å²) in [6, 6.07) is 0. The Bertz CT molecular complexity index is 736. The van der Waals surface area contributed by atoms with Gasteiger partial charge >= 0.3 is 5.82 Å². The number of aromatic nitrogens is 3. The Kier molecular flexibility index (Phi) is 3.42. The van der Waals surface area contributed by atoms with Gasteiger partial charge in [-0.2, -0.15) is 8.42 Å². The smallest absolute Gasteiger partial charge is 0.343 e. The number of nitro groups is 1. The van der Waals surface area contributed by atoms with E-state index in [4.69, 9.17) is 4.42 Å². The summed E-state index contributed by atoms with van der Waals surface area (Å²) in [4.78, 5) is 17.4. The van der Waals surface area contributed by atoms with Crippen LogP contribution < -0.4 is 0 Å². The fourth-order valence-electron chi connectivity index (χ4n) is 1.58. The number of oxazole rings is 1. The second-order valence-corrected chi connectivity index (χ2v) is 4.22. The highest BCUT2D eigenvalue weighted by Gasteiger charge is 2.27. The van der Waals surface area contributed by atoms with Crippen molar-refractivity contribution in [1.29, 1.82) is 0 Å². The molecule has 0 saturated carbocycles. The maximum atomic E-state index is 11.3. The van der Waals surface area contributed by atoms with Crippen molar-refractivity contribution in [1.82, 2.24) is 14.5 Å². The molecular weight excluding hydrogens is 276 g/mol. The Hall–Kier alpha value is -2.49. The van der Waals surface area contributed by atoms with Gasteiger partial charge in [-0.3, -0.25) is 0 Å². The summed E-state index contributed by atoms with van der Waals surface area (Å²) >= 11 is 0. The molecule has 0 saturated heterocycles. The monoisotopic (exact) mass is 284 g/mol. The molecule has 9 nitrogen and oxygen atoms in total. The maximum Gasteiger partial charge on any atom is 0.343 e. The fourth-order valence-corrected chi connectivity index (χ4v) is 2.14. The molecule has 0 unspecified atom stereocenters. The molecule has 0 spiro atoms. The molecule has 2 aromatic rings. The van der Waals surface area contributed by atoms with Crippen LogP contribution in [0.15, 0.2) is 23.1 Å². The minimum absolute atomic E-state index is 0.0787. The Morgan fingerprint density at radius 3 is 2.74 bits per heavy atom. The molecule has 0 amide bonds. The molecule has 0 radical (unpaired) electrons. The molecule has 19 heavy (non-hydrogen) atoms. The van der Waals surface area contributed by atoms with Crippen molar-refractivity contribution in [2.45, 2.75) is 13.5 Å². The molecule has 2 heterocycles. The average Bonchev–Trinajstić information content (AvgIpc) is 2.98. The van der Waals surface area contributed by atoms with Crippen molar-refractivity contribution in [2.24, 2.45) is 0 Å². The summed E-state index contributed by atoms with van der Waals surface area (Å²) < 4.78 is 28.6. The zero-order valence-electron chi connectivity index (χ0n) is 9.68. The first kappa shape index (κ1) is 13.0. The number of hydrogen-bond donors (Lipinski definition) is 0. The van der Waals surface area contributed by atoms with Gasteiger partial charge < -0.3 is 14.5 Å². The molecule has 0 bridgehead atoms. The number of nitrogens with zero attached hydrogens (tertiary/aromatic N) is 4.